The first-order valence-corrected chi connectivity index (χ1v) is 10.8. The Labute approximate surface area is 203 Å². The molecule has 1 unspecified atom stereocenters. The first-order valence-electron chi connectivity index (χ1n) is 10.8. The van der Waals surface area contributed by atoms with Gasteiger partial charge in [-0.05, 0) is 31.5 Å². The molecule has 15 heteroatoms. The van der Waals surface area contributed by atoms with E-state index in [1.54, 1.807) is 13.4 Å². The zero-order valence-electron chi connectivity index (χ0n) is 19.6. The van der Waals surface area contributed by atoms with Gasteiger partial charge in [0.05, 0.1) is 32.6 Å². The largest absolute Gasteiger partial charge is 0.490 e. The maximum Gasteiger partial charge on any atom is 0.490 e. The molecular weight excluding hydrogens is 506 g/mol. The number of methoxy groups -OCH3 is 1. The molecule has 0 bridgehead atoms. The lowest BCUT2D eigenvalue weighted by Crippen LogP contribution is -2.50. The number of furan rings is 1. The van der Waals surface area contributed by atoms with Crippen LogP contribution in [-0.2, 0) is 25.6 Å². The van der Waals surface area contributed by atoms with Gasteiger partial charge in [-0.3, -0.25) is 9.80 Å². The zero-order valence-corrected chi connectivity index (χ0v) is 19.6. The summed E-state index contributed by atoms with van der Waals surface area (Å²) in [5.74, 6) is -4.46. The fraction of sp³-hybridized carbons (Fsp3) is 0.714. The van der Waals surface area contributed by atoms with Crippen LogP contribution in [0.4, 0.5) is 26.3 Å². The molecule has 1 spiro atoms. The minimum Gasteiger partial charge on any atom is -0.475 e. The van der Waals surface area contributed by atoms with Gasteiger partial charge >= 0.3 is 24.3 Å². The maximum atomic E-state index is 10.6. The molecule has 1 atom stereocenters. The van der Waals surface area contributed by atoms with Crippen LogP contribution in [0.25, 0.3) is 0 Å². The average Bonchev–Trinajstić information content (AvgIpc) is 3.20. The van der Waals surface area contributed by atoms with Gasteiger partial charge in [0.1, 0.15) is 5.76 Å². The second-order valence-corrected chi connectivity index (χ2v) is 8.32. The molecule has 2 saturated heterocycles. The van der Waals surface area contributed by atoms with E-state index in [-0.39, 0.29) is 5.41 Å². The van der Waals surface area contributed by atoms with Gasteiger partial charge in [-0.25, -0.2) is 9.59 Å². The highest BCUT2D eigenvalue weighted by atomic mass is 19.4. The summed E-state index contributed by atoms with van der Waals surface area (Å²) in [7, 11) is 1.77. The Hall–Kier alpha value is -2.36. The lowest BCUT2D eigenvalue weighted by atomic mass is 9.80. The summed E-state index contributed by atoms with van der Waals surface area (Å²) in [6.45, 7) is 8.81. The van der Waals surface area contributed by atoms with Crippen LogP contribution >= 0.6 is 0 Å². The van der Waals surface area contributed by atoms with Crippen molar-refractivity contribution < 1.29 is 60.0 Å². The number of hydrogen-bond acceptors (Lipinski definition) is 7. The summed E-state index contributed by atoms with van der Waals surface area (Å²) in [6.07, 6.45) is -5.91. The molecule has 2 fully saturated rings. The smallest absolute Gasteiger partial charge is 0.475 e. The Bertz CT molecular complexity index is 765. The number of carbonyl (C=O) groups is 2. The van der Waals surface area contributed by atoms with Gasteiger partial charge < -0.3 is 24.1 Å². The van der Waals surface area contributed by atoms with Crippen LogP contribution in [0.1, 0.15) is 18.6 Å². The zero-order chi connectivity index (χ0) is 27.4. The lowest BCUT2D eigenvalue weighted by Gasteiger charge is -2.43. The maximum absolute atomic E-state index is 10.6. The van der Waals surface area contributed by atoms with E-state index in [0.717, 1.165) is 64.8 Å². The van der Waals surface area contributed by atoms with Crippen molar-refractivity contribution in [3.05, 3.63) is 24.2 Å². The molecule has 0 radical (unpaired) electrons. The van der Waals surface area contributed by atoms with Gasteiger partial charge in [-0.2, -0.15) is 26.3 Å². The highest BCUT2D eigenvalue weighted by Gasteiger charge is 2.40. The average molecular weight is 536 g/mol. The molecule has 0 amide bonds. The summed E-state index contributed by atoms with van der Waals surface area (Å²) < 4.78 is 80.2. The third kappa shape index (κ3) is 12.1. The Morgan fingerprint density at radius 1 is 1.06 bits per heavy atom. The van der Waals surface area contributed by atoms with E-state index < -0.39 is 24.3 Å². The minimum absolute atomic E-state index is 0.259. The molecule has 2 aliphatic rings. The number of rotatable bonds is 5. The molecule has 1 aromatic heterocycles. The van der Waals surface area contributed by atoms with Crippen molar-refractivity contribution in [2.24, 2.45) is 5.41 Å². The van der Waals surface area contributed by atoms with Crippen LogP contribution in [0.15, 0.2) is 22.8 Å². The highest BCUT2D eigenvalue weighted by Crippen LogP contribution is 2.33. The molecule has 2 N–H and O–H groups in total. The number of ether oxygens (including phenoxy) is 2. The standard InChI is InChI=1S/C17H28N2O3.2C2HF3O2/c1-20-10-7-18-8-11-21-15-17(13-18)5-3-6-19(14-17)12-16-4-2-9-22-16;2*3-2(4,5)1(6)7/h2,4,9H,3,5-8,10-15H2,1H3;2*(H,6,7). The summed E-state index contributed by atoms with van der Waals surface area (Å²) in [4.78, 5) is 22.8. The van der Waals surface area contributed by atoms with Gasteiger partial charge in [0.15, 0.2) is 0 Å². The molecule has 2 aliphatic heterocycles. The number of likely N-dealkylation sites (tertiary alicyclic amines) is 1. The highest BCUT2D eigenvalue weighted by molar-refractivity contribution is 5.73. The van der Waals surface area contributed by atoms with Crippen molar-refractivity contribution in [3.8, 4) is 0 Å². The number of piperidine rings is 1. The third-order valence-corrected chi connectivity index (χ3v) is 5.32. The van der Waals surface area contributed by atoms with Crippen LogP contribution in [0, 0.1) is 5.41 Å². The van der Waals surface area contributed by atoms with Gasteiger partial charge in [-0.1, -0.05) is 0 Å². The molecule has 208 valence electrons. The van der Waals surface area contributed by atoms with E-state index in [1.807, 2.05) is 6.07 Å². The lowest BCUT2D eigenvalue weighted by molar-refractivity contribution is -0.193. The number of halogens is 6. The number of alkyl halides is 6. The van der Waals surface area contributed by atoms with E-state index in [2.05, 4.69) is 15.9 Å². The van der Waals surface area contributed by atoms with Crippen LogP contribution in [-0.4, -0.2) is 104 Å². The third-order valence-electron chi connectivity index (χ3n) is 5.32. The molecule has 1 aromatic rings. The van der Waals surface area contributed by atoms with Crippen molar-refractivity contribution >= 4 is 11.9 Å². The number of carboxylic acids is 2. The van der Waals surface area contributed by atoms with E-state index in [4.69, 9.17) is 33.7 Å². The second kappa shape index (κ2) is 14.4. The Balaban J connectivity index is 0.000000383. The Morgan fingerprint density at radius 3 is 2.14 bits per heavy atom. The number of nitrogens with zero attached hydrogens (tertiary/aromatic N) is 2. The van der Waals surface area contributed by atoms with Crippen LogP contribution in [0.5, 0.6) is 0 Å². The predicted molar refractivity (Wildman–Crippen MR) is 112 cm³/mol. The van der Waals surface area contributed by atoms with E-state index in [0.29, 0.717) is 0 Å². The van der Waals surface area contributed by atoms with Crippen molar-refractivity contribution in [1.29, 1.82) is 0 Å². The van der Waals surface area contributed by atoms with Crippen molar-refractivity contribution in [2.45, 2.75) is 31.7 Å². The van der Waals surface area contributed by atoms with Gasteiger partial charge in [0, 0.05) is 38.7 Å². The molecule has 3 rings (SSSR count). The summed E-state index contributed by atoms with van der Waals surface area (Å²) >= 11 is 0. The summed E-state index contributed by atoms with van der Waals surface area (Å²) in [5, 5.41) is 14.2. The molecule has 0 saturated carbocycles. The fourth-order valence-electron chi connectivity index (χ4n) is 3.81. The first-order chi connectivity index (χ1) is 16.7. The molecule has 9 nitrogen and oxygen atoms in total. The molecule has 3 heterocycles. The quantitative estimate of drug-likeness (QED) is 0.549. The van der Waals surface area contributed by atoms with Gasteiger partial charge in [0.2, 0.25) is 0 Å². The molecule has 36 heavy (non-hydrogen) atoms. The molecule has 0 aromatic carbocycles. The first kappa shape index (κ1) is 31.7. The monoisotopic (exact) mass is 536 g/mol. The molecule has 0 aliphatic carbocycles. The van der Waals surface area contributed by atoms with Crippen LogP contribution in [0.3, 0.4) is 0 Å². The SMILES string of the molecule is COCCN1CCOCC2(CCCN(Cc3ccco3)C2)C1.O=C(O)C(F)(F)F.O=C(O)C(F)(F)F. The number of aliphatic carboxylic acids is 2. The van der Waals surface area contributed by atoms with Crippen molar-refractivity contribution in [2.75, 3.05) is 59.7 Å². The fourth-order valence-corrected chi connectivity index (χ4v) is 3.81. The topological polar surface area (TPSA) is 113 Å². The van der Waals surface area contributed by atoms with E-state index in [1.165, 1.54) is 12.8 Å². The van der Waals surface area contributed by atoms with E-state index >= 15 is 0 Å². The number of hydrogen-bond donors (Lipinski definition) is 2. The summed E-state index contributed by atoms with van der Waals surface area (Å²) in [5.41, 5.74) is 0.259. The van der Waals surface area contributed by atoms with E-state index in [9.17, 15) is 26.3 Å². The van der Waals surface area contributed by atoms with Crippen LogP contribution < -0.4 is 0 Å². The van der Waals surface area contributed by atoms with Crippen LogP contribution in [0.2, 0.25) is 0 Å². The number of carboxylic acid groups (broad SMARTS) is 2. The molecular formula is C21H30F6N2O7. The van der Waals surface area contributed by atoms with Gasteiger partial charge in [-0.15, -0.1) is 0 Å². The predicted octanol–water partition coefficient (Wildman–Crippen LogP) is 3.11. The Kier molecular flexibility index (Phi) is 12.7. The summed E-state index contributed by atoms with van der Waals surface area (Å²) in [6, 6.07) is 4.03. The normalized spacial score (nSPS) is 21.5. The minimum atomic E-state index is -5.08. The van der Waals surface area contributed by atoms with Gasteiger partial charge in [0.25, 0.3) is 0 Å². The Morgan fingerprint density at radius 2 is 1.64 bits per heavy atom. The second-order valence-electron chi connectivity index (χ2n) is 8.32. The van der Waals surface area contributed by atoms with Crippen molar-refractivity contribution in [1.82, 2.24) is 9.80 Å². The van der Waals surface area contributed by atoms with Crippen molar-refractivity contribution in [3.63, 3.8) is 0 Å².